The van der Waals surface area contributed by atoms with E-state index in [-0.39, 0.29) is 12.1 Å². The molecule has 4 rings (SSSR count). The molecule has 1 amide bonds. The molecule has 0 saturated heterocycles. The van der Waals surface area contributed by atoms with E-state index >= 15 is 0 Å². The minimum absolute atomic E-state index is 0.111. The van der Waals surface area contributed by atoms with Crippen LogP contribution in [-0.2, 0) is 12.6 Å². The third-order valence-electron chi connectivity index (χ3n) is 5.09. The van der Waals surface area contributed by atoms with Gasteiger partial charge in [0, 0.05) is 17.0 Å². The van der Waals surface area contributed by atoms with Gasteiger partial charge in [-0.3, -0.25) is 4.79 Å². The predicted molar refractivity (Wildman–Crippen MR) is 105 cm³/mol. The number of rotatable bonds is 3. The van der Waals surface area contributed by atoms with E-state index in [0.717, 1.165) is 34.7 Å². The van der Waals surface area contributed by atoms with Crippen LogP contribution in [-0.4, -0.2) is 23.7 Å². The van der Waals surface area contributed by atoms with E-state index in [1.807, 2.05) is 11.4 Å². The van der Waals surface area contributed by atoms with Crippen LogP contribution in [0.5, 0.6) is 5.75 Å². The smallest absolute Gasteiger partial charge is 0.406 e. The number of alkyl halides is 6. The van der Waals surface area contributed by atoms with Gasteiger partial charge in [-0.15, -0.1) is 24.5 Å². The van der Waals surface area contributed by atoms with Crippen molar-refractivity contribution < 1.29 is 35.9 Å². The van der Waals surface area contributed by atoms with Crippen LogP contribution in [0, 0.1) is 0 Å². The lowest BCUT2D eigenvalue weighted by Gasteiger charge is -2.36. The predicted octanol–water partition coefficient (Wildman–Crippen LogP) is 6.45. The van der Waals surface area contributed by atoms with Crippen molar-refractivity contribution in [3.8, 4) is 5.75 Å². The maximum Gasteiger partial charge on any atom is 0.573 e. The fourth-order valence-corrected chi connectivity index (χ4v) is 4.64. The molecule has 0 saturated carbocycles. The molecule has 0 bridgehead atoms. The second-order valence-electron chi connectivity index (χ2n) is 7.15. The summed E-state index contributed by atoms with van der Waals surface area (Å²) in [6, 6.07) is 10.5. The molecule has 0 N–H and O–H groups in total. The molecule has 168 valence electrons. The van der Waals surface area contributed by atoms with Crippen LogP contribution in [0.15, 0.2) is 60.0 Å². The minimum Gasteiger partial charge on any atom is -0.406 e. The van der Waals surface area contributed by atoms with Crippen LogP contribution < -0.4 is 4.74 Å². The van der Waals surface area contributed by atoms with E-state index in [1.54, 1.807) is 0 Å². The van der Waals surface area contributed by atoms with Crippen LogP contribution >= 0.6 is 11.3 Å². The van der Waals surface area contributed by atoms with Crippen LogP contribution in [0.4, 0.5) is 26.3 Å². The number of carbonyl (C=O) groups is 1. The standard InChI is InChI=1S/C22H15F6NO2S/c23-21(24,25)15-3-1-2-14(12-15)20(30)29-10-8-18-17(9-11-32-18)19(29)13-4-6-16(7-5-13)31-22(26,27)28/h1-7,9,11-12,19H,8,10H2/t19-/m0/s1. The van der Waals surface area contributed by atoms with E-state index in [9.17, 15) is 31.1 Å². The van der Waals surface area contributed by atoms with Gasteiger partial charge in [-0.05, 0) is 59.3 Å². The quantitative estimate of drug-likeness (QED) is 0.411. The molecule has 1 aliphatic heterocycles. The Bertz CT molecular complexity index is 1120. The zero-order chi connectivity index (χ0) is 23.1. The number of carbonyl (C=O) groups excluding carboxylic acids is 1. The number of amides is 1. The highest BCUT2D eigenvalue weighted by atomic mass is 32.1. The van der Waals surface area contributed by atoms with Crippen molar-refractivity contribution in [1.82, 2.24) is 4.90 Å². The summed E-state index contributed by atoms with van der Waals surface area (Å²) in [4.78, 5) is 15.7. The number of nitrogens with zero attached hydrogens (tertiary/aromatic N) is 1. The Morgan fingerprint density at radius 2 is 1.72 bits per heavy atom. The first kappa shape index (κ1) is 22.2. The highest BCUT2D eigenvalue weighted by molar-refractivity contribution is 7.10. The second kappa shape index (κ2) is 8.16. The summed E-state index contributed by atoms with van der Waals surface area (Å²) in [7, 11) is 0. The molecule has 0 fully saturated rings. The third-order valence-corrected chi connectivity index (χ3v) is 6.09. The normalized spacial score (nSPS) is 16.6. The van der Waals surface area contributed by atoms with E-state index in [1.165, 1.54) is 40.5 Å². The lowest BCUT2D eigenvalue weighted by atomic mass is 9.92. The van der Waals surface area contributed by atoms with Gasteiger partial charge in [0.2, 0.25) is 0 Å². The first-order valence-electron chi connectivity index (χ1n) is 9.43. The fourth-order valence-electron chi connectivity index (χ4n) is 3.74. The maximum atomic E-state index is 13.2. The van der Waals surface area contributed by atoms with Gasteiger partial charge in [-0.1, -0.05) is 18.2 Å². The summed E-state index contributed by atoms with van der Waals surface area (Å²) in [5.74, 6) is -0.994. The first-order valence-corrected chi connectivity index (χ1v) is 10.3. The van der Waals surface area contributed by atoms with E-state index in [4.69, 9.17) is 0 Å². The van der Waals surface area contributed by atoms with Gasteiger partial charge in [0.1, 0.15) is 5.75 Å². The van der Waals surface area contributed by atoms with Crippen LogP contribution in [0.3, 0.4) is 0 Å². The number of benzene rings is 2. The number of hydrogen-bond acceptors (Lipinski definition) is 3. The Hall–Kier alpha value is -3.01. The molecule has 0 unspecified atom stereocenters. The van der Waals surface area contributed by atoms with Gasteiger partial charge in [0.25, 0.3) is 5.91 Å². The van der Waals surface area contributed by atoms with Crippen LogP contribution in [0.1, 0.15) is 38.0 Å². The average Bonchev–Trinajstić information content (AvgIpc) is 3.20. The average molecular weight is 471 g/mol. The van der Waals surface area contributed by atoms with E-state index in [0.29, 0.717) is 12.0 Å². The highest BCUT2D eigenvalue weighted by Crippen LogP contribution is 2.39. The summed E-state index contributed by atoms with van der Waals surface area (Å²) in [6.45, 7) is 0.258. The third kappa shape index (κ3) is 4.59. The zero-order valence-corrected chi connectivity index (χ0v) is 17.0. The van der Waals surface area contributed by atoms with Crippen molar-refractivity contribution in [2.24, 2.45) is 0 Å². The summed E-state index contributed by atoms with van der Waals surface area (Å²) >= 11 is 1.49. The number of hydrogen-bond donors (Lipinski definition) is 0. The Kier molecular flexibility index (Phi) is 5.66. The zero-order valence-electron chi connectivity index (χ0n) is 16.2. The van der Waals surface area contributed by atoms with Crippen molar-refractivity contribution in [1.29, 1.82) is 0 Å². The van der Waals surface area contributed by atoms with Gasteiger partial charge >= 0.3 is 12.5 Å². The second-order valence-corrected chi connectivity index (χ2v) is 8.15. The molecule has 2 heterocycles. The molecule has 3 nitrogen and oxygen atoms in total. The lowest BCUT2D eigenvalue weighted by molar-refractivity contribution is -0.274. The van der Waals surface area contributed by atoms with Crippen molar-refractivity contribution in [2.45, 2.75) is 25.0 Å². The molecular formula is C22H15F6NO2S. The monoisotopic (exact) mass is 471 g/mol. The summed E-state index contributed by atoms with van der Waals surface area (Å²) in [5.41, 5.74) is 0.285. The Morgan fingerprint density at radius 1 is 1.00 bits per heavy atom. The maximum absolute atomic E-state index is 13.2. The number of halogens is 6. The molecule has 10 heteroatoms. The fraction of sp³-hybridized carbons (Fsp3) is 0.227. The SMILES string of the molecule is O=C(c1cccc(C(F)(F)F)c1)N1CCc2sccc2[C@@H]1c1ccc(OC(F)(F)F)cc1. The molecule has 1 aromatic heterocycles. The van der Waals surface area contributed by atoms with E-state index in [2.05, 4.69) is 4.74 Å². The molecule has 0 aliphatic carbocycles. The lowest BCUT2D eigenvalue weighted by Crippen LogP contribution is -2.40. The Balaban J connectivity index is 1.70. The van der Waals surface area contributed by atoms with Gasteiger partial charge in [-0.2, -0.15) is 13.2 Å². The van der Waals surface area contributed by atoms with Crippen molar-refractivity contribution in [3.05, 3.63) is 87.1 Å². The molecule has 2 aromatic carbocycles. The number of fused-ring (bicyclic) bond motifs is 1. The van der Waals surface area contributed by atoms with Gasteiger partial charge < -0.3 is 9.64 Å². The van der Waals surface area contributed by atoms with Crippen molar-refractivity contribution in [3.63, 3.8) is 0 Å². The van der Waals surface area contributed by atoms with Crippen molar-refractivity contribution >= 4 is 17.2 Å². The Labute approximate surface area is 182 Å². The van der Waals surface area contributed by atoms with Crippen molar-refractivity contribution in [2.75, 3.05) is 6.54 Å². The topological polar surface area (TPSA) is 29.5 Å². The molecular weight excluding hydrogens is 456 g/mol. The first-order chi connectivity index (χ1) is 15.0. The molecule has 0 spiro atoms. The largest absolute Gasteiger partial charge is 0.573 e. The van der Waals surface area contributed by atoms with E-state index < -0.39 is 35.8 Å². The van der Waals surface area contributed by atoms with Crippen LogP contribution in [0.25, 0.3) is 0 Å². The summed E-state index contributed by atoms with van der Waals surface area (Å²) < 4.78 is 80.6. The molecule has 1 atom stereocenters. The highest BCUT2D eigenvalue weighted by Gasteiger charge is 2.36. The number of ether oxygens (including phenoxy) is 1. The number of thiophene rings is 1. The minimum atomic E-state index is -4.83. The van der Waals surface area contributed by atoms with Gasteiger partial charge in [-0.25, -0.2) is 0 Å². The Morgan fingerprint density at radius 3 is 2.38 bits per heavy atom. The molecule has 3 aromatic rings. The van der Waals surface area contributed by atoms with Crippen LogP contribution in [0.2, 0.25) is 0 Å². The summed E-state index contributed by atoms with van der Waals surface area (Å²) in [5, 5.41) is 1.84. The molecule has 1 aliphatic rings. The van der Waals surface area contributed by atoms with Gasteiger partial charge in [0.15, 0.2) is 0 Å². The van der Waals surface area contributed by atoms with Gasteiger partial charge in [0.05, 0.1) is 11.6 Å². The molecule has 32 heavy (non-hydrogen) atoms. The molecule has 0 radical (unpaired) electrons. The summed E-state index contributed by atoms with van der Waals surface area (Å²) in [6.07, 6.45) is -8.89.